The Bertz CT molecular complexity index is 1020. The van der Waals surface area contributed by atoms with Crippen LogP contribution in [0.25, 0.3) is 22.5 Å². The highest BCUT2D eigenvalue weighted by atomic mass is 32.1. The number of thiazole rings is 2. The third-order valence-electron chi connectivity index (χ3n) is 3.92. The zero-order valence-corrected chi connectivity index (χ0v) is 16.0. The van der Waals surface area contributed by atoms with Gasteiger partial charge in [-0.15, -0.1) is 22.7 Å². The van der Waals surface area contributed by atoms with Crippen molar-refractivity contribution in [2.45, 2.75) is 6.92 Å². The molecule has 1 N–H and O–H groups in total. The molecule has 4 nitrogen and oxygen atoms in total. The van der Waals surface area contributed by atoms with Gasteiger partial charge < -0.3 is 10.1 Å². The van der Waals surface area contributed by atoms with E-state index in [4.69, 9.17) is 9.72 Å². The normalized spacial score (nSPS) is 10.7. The quantitative estimate of drug-likeness (QED) is 0.462. The lowest BCUT2D eigenvalue weighted by molar-refractivity contribution is 0.415. The Morgan fingerprint density at radius 2 is 1.65 bits per heavy atom. The van der Waals surface area contributed by atoms with Gasteiger partial charge in [-0.1, -0.05) is 12.1 Å². The highest BCUT2D eigenvalue weighted by molar-refractivity contribution is 7.14. The molecule has 0 fully saturated rings. The van der Waals surface area contributed by atoms with E-state index in [0.29, 0.717) is 0 Å². The molecule has 0 atom stereocenters. The molecule has 2 heterocycles. The van der Waals surface area contributed by atoms with E-state index in [9.17, 15) is 0 Å². The van der Waals surface area contributed by atoms with E-state index in [2.05, 4.69) is 33.2 Å². The Morgan fingerprint density at radius 1 is 0.885 bits per heavy atom. The topological polar surface area (TPSA) is 47.0 Å². The molecule has 0 radical (unpaired) electrons. The van der Waals surface area contributed by atoms with Crippen molar-refractivity contribution in [3.05, 3.63) is 64.3 Å². The minimum atomic E-state index is 0.844. The molecule has 2 aromatic carbocycles. The Kier molecular flexibility index (Phi) is 4.69. The maximum Gasteiger partial charge on any atom is 0.187 e. The van der Waals surface area contributed by atoms with Gasteiger partial charge in [-0.25, -0.2) is 9.97 Å². The van der Waals surface area contributed by atoms with Crippen molar-refractivity contribution in [3.8, 4) is 28.3 Å². The largest absolute Gasteiger partial charge is 0.497 e. The number of hydrogen-bond donors (Lipinski definition) is 1. The van der Waals surface area contributed by atoms with Gasteiger partial charge in [-0.3, -0.25) is 0 Å². The van der Waals surface area contributed by atoms with Crippen LogP contribution in [0.2, 0.25) is 0 Å². The Labute approximate surface area is 160 Å². The molecule has 0 amide bonds. The second-order valence-electron chi connectivity index (χ2n) is 5.72. The fourth-order valence-electron chi connectivity index (χ4n) is 2.60. The molecule has 26 heavy (non-hydrogen) atoms. The van der Waals surface area contributed by atoms with E-state index >= 15 is 0 Å². The molecule has 0 saturated carbocycles. The molecule has 0 aliphatic rings. The van der Waals surface area contributed by atoms with Gasteiger partial charge in [-0.05, 0) is 43.3 Å². The highest BCUT2D eigenvalue weighted by Crippen LogP contribution is 2.30. The summed E-state index contributed by atoms with van der Waals surface area (Å²) in [6.45, 7) is 2.02. The van der Waals surface area contributed by atoms with Gasteiger partial charge in [0.15, 0.2) is 5.13 Å². The number of ether oxygens (including phenoxy) is 1. The van der Waals surface area contributed by atoms with Crippen molar-refractivity contribution < 1.29 is 4.74 Å². The van der Waals surface area contributed by atoms with Crippen LogP contribution in [0.5, 0.6) is 5.75 Å². The number of nitrogens with zero attached hydrogens (tertiary/aromatic N) is 2. The molecular formula is C20H17N3OS2. The van der Waals surface area contributed by atoms with Crippen molar-refractivity contribution in [3.63, 3.8) is 0 Å². The number of hydrogen-bond acceptors (Lipinski definition) is 6. The molecule has 4 aromatic rings. The monoisotopic (exact) mass is 379 g/mol. The summed E-state index contributed by atoms with van der Waals surface area (Å²) in [7, 11) is 1.67. The Morgan fingerprint density at radius 3 is 2.38 bits per heavy atom. The first-order chi connectivity index (χ1) is 12.7. The minimum absolute atomic E-state index is 0.844. The van der Waals surface area contributed by atoms with Crippen molar-refractivity contribution in [1.29, 1.82) is 0 Å². The van der Waals surface area contributed by atoms with Gasteiger partial charge in [0.25, 0.3) is 0 Å². The molecule has 130 valence electrons. The molecule has 0 unspecified atom stereocenters. The van der Waals surface area contributed by atoms with Crippen LogP contribution in [0.1, 0.15) is 5.01 Å². The summed E-state index contributed by atoms with van der Waals surface area (Å²) < 4.78 is 5.20. The lowest BCUT2D eigenvalue weighted by Crippen LogP contribution is -1.90. The van der Waals surface area contributed by atoms with Crippen LogP contribution in [-0.2, 0) is 0 Å². The molecule has 6 heteroatoms. The summed E-state index contributed by atoms with van der Waals surface area (Å²) >= 11 is 3.25. The number of nitrogens with one attached hydrogen (secondary N) is 1. The first-order valence-corrected chi connectivity index (χ1v) is 9.87. The van der Waals surface area contributed by atoms with Gasteiger partial charge in [0.1, 0.15) is 5.75 Å². The van der Waals surface area contributed by atoms with Crippen LogP contribution in [-0.4, -0.2) is 17.1 Å². The molecule has 0 saturated heterocycles. The molecule has 0 aliphatic heterocycles. The summed E-state index contributed by atoms with van der Waals surface area (Å²) in [6, 6.07) is 16.2. The first kappa shape index (κ1) is 16.8. The van der Waals surface area contributed by atoms with Crippen LogP contribution >= 0.6 is 22.7 Å². The summed E-state index contributed by atoms with van der Waals surface area (Å²) in [6.07, 6.45) is 0. The maximum absolute atomic E-state index is 5.20. The minimum Gasteiger partial charge on any atom is -0.497 e. The van der Waals surface area contributed by atoms with Gasteiger partial charge in [0, 0.05) is 27.6 Å². The number of aromatic nitrogens is 2. The lowest BCUT2D eigenvalue weighted by atomic mass is 10.1. The highest BCUT2D eigenvalue weighted by Gasteiger charge is 2.07. The second-order valence-corrected chi connectivity index (χ2v) is 7.64. The Hall–Kier alpha value is -2.70. The Balaban J connectivity index is 1.53. The molecule has 0 spiro atoms. The van der Waals surface area contributed by atoms with Gasteiger partial charge in [0.05, 0.1) is 23.5 Å². The van der Waals surface area contributed by atoms with E-state index in [1.807, 2.05) is 43.3 Å². The van der Waals surface area contributed by atoms with Crippen LogP contribution in [0.3, 0.4) is 0 Å². The number of anilines is 2. The second kappa shape index (κ2) is 7.27. The molecule has 2 aromatic heterocycles. The predicted molar refractivity (Wildman–Crippen MR) is 110 cm³/mol. The van der Waals surface area contributed by atoms with Crippen LogP contribution in [0.4, 0.5) is 10.8 Å². The van der Waals surface area contributed by atoms with E-state index in [0.717, 1.165) is 44.1 Å². The van der Waals surface area contributed by atoms with E-state index in [-0.39, 0.29) is 0 Å². The van der Waals surface area contributed by atoms with Gasteiger partial charge in [0.2, 0.25) is 0 Å². The SMILES string of the molecule is COc1ccc(-c2csc(Nc3cccc(-c4csc(C)n4)c3)n2)cc1. The molecular weight excluding hydrogens is 362 g/mol. The molecule has 0 bridgehead atoms. The number of methoxy groups -OCH3 is 1. The van der Waals surface area contributed by atoms with Crippen molar-refractivity contribution in [1.82, 2.24) is 9.97 Å². The summed E-state index contributed by atoms with van der Waals surface area (Å²) in [5.41, 5.74) is 5.14. The summed E-state index contributed by atoms with van der Waals surface area (Å²) in [5.74, 6) is 0.844. The average Bonchev–Trinajstić information content (AvgIpc) is 3.31. The van der Waals surface area contributed by atoms with E-state index in [1.54, 1.807) is 29.8 Å². The number of benzene rings is 2. The third kappa shape index (κ3) is 3.61. The van der Waals surface area contributed by atoms with Crippen LogP contribution in [0, 0.1) is 6.92 Å². The van der Waals surface area contributed by atoms with Crippen molar-refractivity contribution in [2.75, 3.05) is 12.4 Å². The maximum atomic E-state index is 5.20. The summed E-state index contributed by atoms with van der Waals surface area (Å²) in [4.78, 5) is 9.25. The smallest absolute Gasteiger partial charge is 0.187 e. The van der Waals surface area contributed by atoms with Crippen LogP contribution in [0.15, 0.2) is 59.3 Å². The van der Waals surface area contributed by atoms with Gasteiger partial charge >= 0.3 is 0 Å². The van der Waals surface area contributed by atoms with Crippen molar-refractivity contribution in [2.24, 2.45) is 0 Å². The number of aryl methyl sites for hydroxylation is 1. The van der Waals surface area contributed by atoms with Crippen molar-refractivity contribution >= 4 is 33.5 Å². The zero-order valence-electron chi connectivity index (χ0n) is 14.4. The number of rotatable bonds is 5. The fraction of sp³-hybridized carbons (Fsp3) is 0.100. The zero-order chi connectivity index (χ0) is 17.9. The molecule has 0 aliphatic carbocycles. The standard InChI is InChI=1S/C20H17N3OS2/c1-13-21-19(11-25-13)15-4-3-5-16(10-15)22-20-23-18(12-26-20)14-6-8-17(24-2)9-7-14/h3-12H,1-2H3,(H,22,23). The third-order valence-corrected chi connectivity index (χ3v) is 5.45. The molecule has 4 rings (SSSR count). The average molecular weight is 380 g/mol. The van der Waals surface area contributed by atoms with Crippen LogP contribution < -0.4 is 10.1 Å². The first-order valence-electron chi connectivity index (χ1n) is 8.11. The predicted octanol–water partition coefficient (Wildman–Crippen LogP) is 5.99. The van der Waals surface area contributed by atoms with E-state index < -0.39 is 0 Å². The fourth-order valence-corrected chi connectivity index (χ4v) is 3.96. The van der Waals surface area contributed by atoms with E-state index in [1.165, 1.54) is 0 Å². The lowest BCUT2D eigenvalue weighted by Gasteiger charge is -2.04. The summed E-state index contributed by atoms with van der Waals surface area (Å²) in [5, 5.41) is 9.46. The van der Waals surface area contributed by atoms with Gasteiger partial charge in [-0.2, -0.15) is 0 Å².